The van der Waals surface area contributed by atoms with Crippen molar-refractivity contribution in [2.45, 2.75) is 463 Å². The minimum atomic E-state index is -4.39. The average Bonchev–Trinajstić information content (AvgIpc) is 3.18. The number of phosphoric acid groups is 1. The van der Waals surface area contributed by atoms with Gasteiger partial charge in [-0.3, -0.25) is 18.6 Å². The maximum Gasteiger partial charge on any atom is 0.472 e. The van der Waals surface area contributed by atoms with Crippen LogP contribution >= 0.6 is 7.82 Å². The molecule has 0 saturated heterocycles. The molecule has 10 heteroatoms. The number of carbonyl (C=O) groups is 2. The summed E-state index contributed by atoms with van der Waals surface area (Å²) in [6, 6.07) is 0. The van der Waals surface area contributed by atoms with Crippen LogP contribution in [0.5, 0.6) is 0 Å². The second-order valence-electron chi connectivity index (χ2n) is 28.7. The van der Waals surface area contributed by atoms with E-state index in [9.17, 15) is 19.0 Å². The summed E-state index contributed by atoms with van der Waals surface area (Å²) in [6.07, 6.45) is 103. The van der Waals surface area contributed by atoms with Crippen molar-refractivity contribution in [1.29, 1.82) is 0 Å². The van der Waals surface area contributed by atoms with Gasteiger partial charge in [-0.25, -0.2) is 4.57 Å². The highest BCUT2D eigenvalue weighted by molar-refractivity contribution is 7.47. The molecule has 3 N–H and O–H groups in total. The summed E-state index contributed by atoms with van der Waals surface area (Å²) < 4.78 is 33.3. The summed E-state index contributed by atoms with van der Waals surface area (Å²) in [6.45, 7) is 3.83. The maximum absolute atomic E-state index is 12.8. The molecule has 0 amide bonds. The van der Waals surface area contributed by atoms with Crippen LogP contribution in [-0.4, -0.2) is 49.3 Å². The molecule has 0 aliphatic carbocycles. The largest absolute Gasteiger partial charge is 0.472 e. The lowest BCUT2D eigenvalue weighted by atomic mass is 10.0. The van der Waals surface area contributed by atoms with Gasteiger partial charge < -0.3 is 20.1 Å². The second kappa shape index (κ2) is 80.2. The van der Waals surface area contributed by atoms with Gasteiger partial charge in [0.2, 0.25) is 0 Å². The van der Waals surface area contributed by atoms with Gasteiger partial charge in [-0.05, 0) is 51.4 Å². The molecule has 0 aromatic rings. The van der Waals surface area contributed by atoms with Gasteiger partial charge >= 0.3 is 19.8 Å². The molecular weight excluding hydrogens is 1180 g/mol. The van der Waals surface area contributed by atoms with Crippen LogP contribution in [0.4, 0.5) is 0 Å². The first-order valence-corrected chi connectivity index (χ1v) is 43.5. The number of hydrogen-bond donors (Lipinski definition) is 2. The summed E-state index contributed by atoms with van der Waals surface area (Å²) in [5.41, 5.74) is 5.42. The third-order valence-corrected chi connectivity index (χ3v) is 20.3. The van der Waals surface area contributed by atoms with E-state index in [1.54, 1.807) is 0 Å². The Hall–Kier alpha value is -1.77. The van der Waals surface area contributed by atoms with Crippen LogP contribution < -0.4 is 5.73 Å². The summed E-state index contributed by atoms with van der Waals surface area (Å²) >= 11 is 0. The summed E-state index contributed by atoms with van der Waals surface area (Å²) in [5.74, 6) is -0.799. The van der Waals surface area contributed by atoms with Crippen LogP contribution in [0.2, 0.25) is 0 Å². The number of rotatable bonds is 81. The van der Waals surface area contributed by atoms with Gasteiger partial charge in [0, 0.05) is 19.4 Å². The van der Waals surface area contributed by atoms with E-state index >= 15 is 0 Å². The molecule has 0 heterocycles. The molecule has 0 aliphatic heterocycles. The number of hydrogen-bond acceptors (Lipinski definition) is 8. The first-order valence-electron chi connectivity index (χ1n) is 42.0. The van der Waals surface area contributed by atoms with E-state index in [1.165, 1.54) is 379 Å². The van der Waals surface area contributed by atoms with Gasteiger partial charge in [0.1, 0.15) is 6.61 Å². The number of allylic oxidation sites excluding steroid dienone is 6. The monoisotopic (exact) mass is 1340 g/mol. The zero-order valence-electron chi connectivity index (χ0n) is 63.0. The normalized spacial score (nSPS) is 12.9. The van der Waals surface area contributed by atoms with Crippen LogP contribution in [0.3, 0.4) is 0 Å². The number of unbranched alkanes of at least 4 members (excludes halogenated alkanes) is 62. The lowest BCUT2D eigenvalue weighted by molar-refractivity contribution is -0.161. The van der Waals surface area contributed by atoms with Crippen molar-refractivity contribution in [3.05, 3.63) is 36.5 Å². The van der Waals surface area contributed by atoms with Crippen molar-refractivity contribution in [2.24, 2.45) is 5.73 Å². The highest BCUT2D eigenvalue weighted by Crippen LogP contribution is 2.43. The molecule has 0 fully saturated rings. The van der Waals surface area contributed by atoms with E-state index < -0.39 is 26.5 Å². The van der Waals surface area contributed by atoms with Crippen molar-refractivity contribution in [3.63, 3.8) is 0 Å². The van der Waals surface area contributed by atoms with Crippen molar-refractivity contribution in [2.75, 3.05) is 26.4 Å². The van der Waals surface area contributed by atoms with Gasteiger partial charge in [-0.1, -0.05) is 429 Å². The summed E-state index contributed by atoms with van der Waals surface area (Å²) in [5, 5.41) is 0. The average molecular weight is 1350 g/mol. The predicted molar refractivity (Wildman–Crippen MR) is 409 cm³/mol. The Morgan fingerprint density at radius 2 is 0.553 bits per heavy atom. The van der Waals surface area contributed by atoms with E-state index in [0.29, 0.717) is 6.42 Å². The number of ether oxygens (including phenoxy) is 2. The minimum Gasteiger partial charge on any atom is -0.462 e. The Balaban J connectivity index is 3.73. The fourth-order valence-corrected chi connectivity index (χ4v) is 13.8. The smallest absolute Gasteiger partial charge is 0.462 e. The molecule has 2 unspecified atom stereocenters. The Kier molecular flexibility index (Phi) is 78.7. The molecule has 0 aromatic heterocycles. The van der Waals surface area contributed by atoms with Gasteiger partial charge in [0.25, 0.3) is 0 Å². The van der Waals surface area contributed by atoms with E-state index in [-0.39, 0.29) is 38.6 Å². The number of esters is 2. The lowest BCUT2D eigenvalue weighted by Crippen LogP contribution is -2.29. The first kappa shape index (κ1) is 92.2. The molecule has 0 aromatic carbocycles. The number of carbonyl (C=O) groups excluding carboxylic acids is 2. The van der Waals surface area contributed by atoms with E-state index in [2.05, 4.69) is 50.3 Å². The fourth-order valence-electron chi connectivity index (χ4n) is 13.1. The van der Waals surface area contributed by atoms with Crippen molar-refractivity contribution in [1.82, 2.24) is 0 Å². The van der Waals surface area contributed by atoms with Gasteiger partial charge in [-0.2, -0.15) is 0 Å². The molecular formula is C84H162NO8P. The fraction of sp³-hybridized carbons (Fsp3) is 0.905. The third kappa shape index (κ3) is 79.2. The second-order valence-corrected chi connectivity index (χ2v) is 30.2. The number of phosphoric ester groups is 1. The first-order chi connectivity index (χ1) is 46.3. The number of nitrogens with two attached hydrogens (primary N) is 1. The standard InChI is InChI=1S/C84H162NO8P/c1-3-5-7-9-11-13-15-17-19-21-23-25-27-29-31-33-35-37-39-41-43-45-47-49-51-53-55-57-59-61-63-65-67-69-71-73-75-77-84(87)93-82(81-92-94(88,89)91-79-78-85)80-90-83(86)76-74-72-70-68-66-64-62-60-58-56-54-52-50-48-46-44-42-40-38-36-34-32-30-28-26-24-22-20-18-16-14-12-10-8-6-4-2/h15,17,21,23,27,29,82H,3-14,16,18-20,22,24-26,28,30-81,85H2,1-2H3,(H,88,89)/b17-15-,23-21-,29-27-. The van der Waals surface area contributed by atoms with Crippen molar-refractivity contribution in [3.8, 4) is 0 Å². The Morgan fingerprint density at radius 1 is 0.319 bits per heavy atom. The molecule has 0 aliphatic rings. The van der Waals surface area contributed by atoms with Crippen LogP contribution in [0, 0.1) is 0 Å². The molecule has 0 rings (SSSR count). The molecule has 0 radical (unpaired) electrons. The van der Waals surface area contributed by atoms with Crippen molar-refractivity contribution < 1.29 is 37.6 Å². The Bertz CT molecular complexity index is 1640. The molecule has 2 atom stereocenters. The summed E-state index contributed by atoms with van der Waals surface area (Å²) in [4.78, 5) is 35.5. The minimum absolute atomic E-state index is 0.0569. The highest BCUT2D eigenvalue weighted by atomic mass is 31.2. The molecule has 0 spiro atoms. The third-order valence-electron chi connectivity index (χ3n) is 19.3. The zero-order chi connectivity index (χ0) is 67.9. The van der Waals surface area contributed by atoms with Gasteiger partial charge in [0.05, 0.1) is 13.2 Å². The molecule has 556 valence electrons. The lowest BCUT2D eigenvalue weighted by Gasteiger charge is -2.19. The van der Waals surface area contributed by atoms with Gasteiger partial charge in [-0.15, -0.1) is 0 Å². The molecule has 94 heavy (non-hydrogen) atoms. The van der Waals surface area contributed by atoms with E-state index in [0.717, 1.165) is 44.9 Å². The molecule has 9 nitrogen and oxygen atoms in total. The van der Waals surface area contributed by atoms with E-state index in [4.69, 9.17) is 24.3 Å². The Labute approximate surface area is 585 Å². The van der Waals surface area contributed by atoms with E-state index in [1.807, 2.05) is 0 Å². The van der Waals surface area contributed by atoms with Crippen LogP contribution in [-0.2, 0) is 32.7 Å². The quantitative estimate of drug-likeness (QED) is 0.0264. The van der Waals surface area contributed by atoms with Crippen LogP contribution in [0.25, 0.3) is 0 Å². The highest BCUT2D eigenvalue weighted by Gasteiger charge is 2.26. The van der Waals surface area contributed by atoms with Gasteiger partial charge in [0.15, 0.2) is 6.10 Å². The van der Waals surface area contributed by atoms with Crippen LogP contribution in [0.15, 0.2) is 36.5 Å². The van der Waals surface area contributed by atoms with Crippen LogP contribution in [0.1, 0.15) is 457 Å². The zero-order valence-corrected chi connectivity index (χ0v) is 63.9. The molecule has 0 saturated carbocycles. The predicted octanol–water partition coefficient (Wildman–Crippen LogP) is 28.2. The summed E-state index contributed by atoms with van der Waals surface area (Å²) in [7, 11) is -4.39. The Morgan fingerprint density at radius 3 is 0.819 bits per heavy atom. The topological polar surface area (TPSA) is 134 Å². The SMILES string of the molecule is CCCCCCC/C=C\C/C=C\C/C=C\CCCCCCCCCCCCCCCCCCCCCCCCC(=O)OC(COC(=O)CCCCCCCCCCCCCCCCCCCCCCCCCCCCCCCCCCCCCC)COP(=O)(O)OCCN. The van der Waals surface area contributed by atoms with Crippen molar-refractivity contribution >= 4 is 19.8 Å². The molecule has 0 bridgehead atoms. The maximum atomic E-state index is 12.8.